The highest BCUT2D eigenvalue weighted by atomic mass is 16.6. The molecule has 5 rings (SSSR count). The van der Waals surface area contributed by atoms with Gasteiger partial charge in [0, 0.05) is 12.8 Å². The molecule has 0 saturated carbocycles. The third-order valence-electron chi connectivity index (χ3n) is 11.6. The van der Waals surface area contributed by atoms with Gasteiger partial charge in [-0.2, -0.15) is 0 Å². The number of allylic oxidation sites excluding steroid dienone is 6. The van der Waals surface area contributed by atoms with Gasteiger partial charge in [0.05, 0.1) is 72.7 Å². The SMILES string of the molecule is C=C/C=C\CCC1OC2CCC3(C)OC4C(O)CC5(C)OC(CC/C=C(C)/C(C)=C/CO)C(C)CC5OC4CC3OC2CCC1O.CC. The van der Waals surface area contributed by atoms with Crippen molar-refractivity contribution in [3.05, 3.63) is 48.1 Å². The molecule has 5 fully saturated rings. The van der Waals surface area contributed by atoms with Gasteiger partial charge in [0.25, 0.3) is 0 Å². The van der Waals surface area contributed by atoms with Crippen LogP contribution in [0.2, 0.25) is 0 Å². The van der Waals surface area contributed by atoms with Crippen LogP contribution in [0.1, 0.15) is 119 Å². The molecule has 13 unspecified atom stereocenters. The first-order chi connectivity index (χ1) is 23.0. The van der Waals surface area contributed by atoms with Crippen molar-refractivity contribution < 1.29 is 39.0 Å². The second-order valence-electron chi connectivity index (χ2n) is 15.1. The van der Waals surface area contributed by atoms with E-state index in [1.54, 1.807) is 6.08 Å². The molecule has 5 aliphatic rings. The smallest absolute Gasteiger partial charge is 0.111 e. The number of rotatable bonds is 9. The number of ether oxygens (including phenoxy) is 5. The van der Waals surface area contributed by atoms with Crippen molar-refractivity contribution >= 4 is 0 Å². The predicted octanol–water partition coefficient (Wildman–Crippen LogP) is 6.91. The normalized spacial score (nSPS) is 43.7. The lowest BCUT2D eigenvalue weighted by Crippen LogP contribution is -2.59. The minimum Gasteiger partial charge on any atom is -0.392 e. The predicted molar refractivity (Wildman–Crippen MR) is 190 cm³/mol. The molecule has 48 heavy (non-hydrogen) atoms. The average Bonchev–Trinajstić information content (AvgIpc) is 3.34. The van der Waals surface area contributed by atoms with Crippen molar-refractivity contribution in [3.63, 3.8) is 0 Å². The van der Waals surface area contributed by atoms with Gasteiger partial charge in [-0.15, -0.1) is 0 Å². The Bertz CT molecular complexity index is 1120. The second-order valence-corrected chi connectivity index (χ2v) is 15.1. The van der Waals surface area contributed by atoms with Crippen molar-refractivity contribution in [1.29, 1.82) is 0 Å². The fourth-order valence-electron chi connectivity index (χ4n) is 8.47. The Morgan fingerprint density at radius 2 is 1.46 bits per heavy atom. The van der Waals surface area contributed by atoms with Gasteiger partial charge in [0.15, 0.2) is 0 Å². The summed E-state index contributed by atoms with van der Waals surface area (Å²) < 4.78 is 34.0. The van der Waals surface area contributed by atoms with Gasteiger partial charge in [-0.3, -0.25) is 0 Å². The summed E-state index contributed by atoms with van der Waals surface area (Å²) in [7, 11) is 0. The first kappa shape index (κ1) is 39.4. The molecule has 0 amide bonds. The molecule has 0 aliphatic carbocycles. The Morgan fingerprint density at radius 3 is 2.19 bits per heavy atom. The third kappa shape index (κ3) is 9.29. The Kier molecular flexibility index (Phi) is 14.6. The van der Waals surface area contributed by atoms with Crippen molar-refractivity contribution in [3.8, 4) is 0 Å². The minimum atomic E-state index is -0.714. The highest BCUT2D eigenvalue weighted by Crippen LogP contribution is 2.48. The van der Waals surface area contributed by atoms with Gasteiger partial charge in [0.1, 0.15) is 6.10 Å². The summed E-state index contributed by atoms with van der Waals surface area (Å²) in [5.41, 5.74) is 1.10. The van der Waals surface area contributed by atoms with E-state index in [4.69, 9.17) is 23.7 Å². The fraction of sp³-hybridized carbons (Fsp3) is 0.800. The van der Waals surface area contributed by atoms with Gasteiger partial charge >= 0.3 is 0 Å². The summed E-state index contributed by atoms with van der Waals surface area (Å²) in [6, 6.07) is 0. The summed E-state index contributed by atoms with van der Waals surface area (Å²) in [6.45, 7) is 18.4. The molecule has 0 spiro atoms. The highest BCUT2D eigenvalue weighted by Gasteiger charge is 2.58. The molecule has 5 heterocycles. The summed E-state index contributed by atoms with van der Waals surface area (Å²) in [4.78, 5) is 0. The van der Waals surface area contributed by atoms with Gasteiger partial charge in [-0.25, -0.2) is 0 Å². The molecule has 0 bridgehead atoms. The van der Waals surface area contributed by atoms with E-state index >= 15 is 0 Å². The Morgan fingerprint density at radius 1 is 0.792 bits per heavy atom. The number of hydrogen-bond acceptors (Lipinski definition) is 8. The number of fused-ring (bicyclic) bond motifs is 4. The molecule has 0 radical (unpaired) electrons. The van der Waals surface area contributed by atoms with Crippen molar-refractivity contribution in [2.75, 3.05) is 6.61 Å². The molecule has 3 N–H and O–H groups in total. The summed E-state index contributed by atoms with van der Waals surface area (Å²) >= 11 is 0. The van der Waals surface area contributed by atoms with E-state index in [0.29, 0.717) is 25.2 Å². The topological polar surface area (TPSA) is 107 Å². The molecule has 0 aromatic rings. The third-order valence-corrected chi connectivity index (χ3v) is 11.6. The van der Waals surface area contributed by atoms with E-state index in [1.165, 1.54) is 5.57 Å². The molecule has 5 saturated heterocycles. The first-order valence-electron chi connectivity index (χ1n) is 18.9. The molecule has 8 heteroatoms. The maximum Gasteiger partial charge on any atom is 0.111 e. The van der Waals surface area contributed by atoms with Crippen LogP contribution in [-0.2, 0) is 23.7 Å². The van der Waals surface area contributed by atoms with Crippen LogP contribution in [0.25, 0.3) is 0 Å². The molecule has 5 aliphatic heterocycles. The molecular formula is C40H66O8. The van der Waals surface area contributed by atoms with E-state index in [0.717, 1.165) is 56.9 Å². The van der Waals surface area contributed by atoms with Crippen molar-refractivity contribution in [2.45, 2.75) is 191 Å². The van der Waals surface area contributed by atoms with E-state index in [-0.39, 0.29) is 49.3 Å². The van der Waals surface area contributed by atoms with Gasteiger partial charge in [-0.05, 0) is 91.4 Å². The largest absolute Gasteiger partial charge is 0.392 e. The summed E-state index contributed by atoms with van der Waals surface area (Å²) in [5, 5.41) is 31.8. The lowest BCUT2D eigenvalue weighted by Gasteiger charge is -2.49. The molecule has 274 valence electrons. The number of aliphatic hydroxyl groups excluding tert-OH is 3. The zero-order valence-corrected chi connectivity index (χ0v) is 30.8. The van der Waals surface area contributed by atoms with Crippen LogP contribution in [0.15, 0.2) is 48.1 Å². The minimum absolute atomic E-state index is 0.0504. The lowest BCUT2D eigenvalue weighted by molar-refractivity contribution is -0.273. The van der Waals surface area contributed by atoms with Crippen LogP contribution < -0.4 is 0 Å². The van der Waals surface area contributed by atoms with Crippen LogP contribution in [0.3, 0.4) is 0 Å². The number of hydrogen-bond donors (Lipinski definition) is 3. The molecular weight excluding hydrogens is 608 g/mol. The molecule has 0 aromatic heterocycles. The molecule has 8 nitrogen and oxygen atoms in total. The fourth-order valence-corrected chi connectivity index (χ4v) is 8.47. The standard InChI is InChI=1S/C38H60O8.C2H6/c1-7-8-9-10-13-30-27(40)15-16-31-32(42-30)17-19-37(5)35(43-31)22-33-36(46-37)28(41)23-38(6)34(44-33)21-26(4)29(45-38)14-11-12-24(2)25(3)18-20-39;1-2/h7-9,12,18,26-36,39-41H,1,10-11,13-17,19-23H2,2-6H3;1-2H3/b9-8-,24-12+,25-18+;. The number of aliphatic hydroxyl groups is 3. The summed E-state index contributed by atoms with van der Waals surface area (Å²) in [6.07, 6.45) is 15.4. The Labute approximate surface area is 290 Å². The highest BCUT2D eigenvalue weighted by molar-refractivity contribution is 5.26. The van der Waals surface area contributed by atoms with Crippen LogP contribution in [0, 0.1) is 5.92 Å². The van der Waals surface area contributed by atoms with Crippen LogP contribution >= 0.6 is 0 Å². The Balaban J connectivity index is 0.00000255. The quantitative estimate of drug-likeness (QED) is 0.227. The van der Waals surface area contributed by atoms with Gasteiger partial charge < -0.3 is 39.0 Å². The zero-order valence-electron chi connectivity index (χ0n) is 30.8. The molecule has 13 atom stereocenters. The maximum atomic E-state index is 11.7. The van der Waals surface area contributed by atoms with Gasteiger partial charge in [-0.1, -0.05) is 68.9 Å². The van der Waals surface area contributed by atoms with E-state index < -0.39 is 29.5 Å². The average molecular weight is 675 g/mol. The zero-order chi connectivity index (χ0) is 35.1. The van der Waals surface area contributed by atoms with E-state index in [9.17, 15) is 15.3 Å². The van der Waals surface area contributed by atoms with Crippen molar-refractivity contribution in [1.82, 2.24) is 0 Å². The maximum absolute atomic E-state index is 11.7. The monoisotopic (exact) mass is 674 g/mol. The second kappa shape index (κ2) is 17.7. The Hall–Kier alpha value is -1.36. The lowest BCUT2D eigenvalue weighted by atomic mass is 9.79. The van der Waals surface area contributed by atoms with E-state index in [2.05, 4.69) is 46.4 Å². The summed E-state index contributed by atoms with van der Waals surface area (Å²) in [5.74, 6) is 0.314. The first-order valence-corrected chi connectivity index (χ1v) is 18.9. The molecule has 0 aromatic carbocycles. The van der Waals surface area contributed by atoms with Crippen LogP contribution in [-0.4, -0.2) is 94.2 Å². The van der Waals surface area contributed by atoms with E-state index in [1.807, 2.05) is 32.9 Å². The van der Waals surface area contributed by atoms with Crippen molar-refractivity contribution in [2.24, 2.45) is 5.92 Å². The van der Waals surface area contributed by atoms with Gasteiger partial charge in [0.2, 0.25) is 0 Å². The van der Waals surface area contributed by atoms with Crippen LogP contribution in [0.4, 0.5) is 0 Å². The van der Waals surface area contributed by atoms with Crippen LogP contribution in [0.5, 0.6) is 0 Å².